The van der Waals surface area contributed by atoms with Gasteiger partial charge in [0.25, 0.3) is 5.91 Å². The lowest BCUT2D eigenvalue weighted by Crippen LogP contribution is -2.12. The lowest BCUT2D eigenvalue weighted by Gasteiger charge is -2.08. The molecule has 0 spiro atoms. The average molecular weight is 395 g/mol. The normalized spacial score (nSPS) is 11.0. The Morgan fingerprint density at radius 3 is 2.07 bits per heavy atom. The minimum absolute atomic E-state index is 0.173. The first-order valence-corrected chi connectivity index (χ1v) is 9.60. The molecule has 1 heterocycles. The van der Waals surface area contributed by atoms with Crippen molar-refractivity contribution in [3.8, 4) is 5.69 Å². The fourth-order valence-corrected chi connectivity index (χ4v) is 3.07. The van der Waals surface area contributed by atoms with Crippen molar-refractivity contribution in [1.29, 1.82) is 0 Å². The van der Waals surface area contributed by atoms with Crippen molar-refractivity contribution in [2.45, 2.75) is 13.8 Å². The first-order chi connectivity index (χ1) is 14.6. The van der Waals surface area contributed by atoms with E-state index in [1.54, 1.807) is 12.1 Å². The molecule has 6 nitrogen and oxygen atoms in total. The third-order valence-corrected chi connectivity index (χ3v) is 4.55. The molecule has 1 N–H and O–H groups in total. The van der Waals surface area contributed by atoms with Gasteiger partial charge in [-0.2, -0.15) is 15.3 Å². The Labute approximate surface area is 174 Å². The van der Waals surface area contributed by atoms with Crippen LogP contribution in [0.4, 0.5) is 17.1 Å². The van der Waals surface area contributed by atoms with Gasteiger partial charge in [-0.25, -0.2) is 4.68 Å². The molecule has 0 saturated heterocycles. The Kier molecular flexibility index (Phi) is 5.48. The number of nitrogens with zero attached hydrogens (tertiary/aromatic N) is 4. The van der Waals surface area contributed by atoms with E-state index in [0.29, 0.717) is 16.9 Å². The SMILES string of the molecule is Cc1cc(C)n(-c2ccc(C(=O)Nc3ccc(N=Nc4ccccc4)cc3)cc2)n1. The molecule has 30 heavy (non-hydrogen) atoms. The number of azo groups is 1. The van der Waals surface area contributed by atoms with E-state index in [-0.39, 0.29) is 5.91 Å². The van der Waals surface area contributed by atoms with Gasteiger partial charge in [0.05, 0.1) is 22.8 Å². The van der Waals surface area contributed by atoms with Crippen molar-refractivity contribution in [2.75, 3.05) is 5.32 Å². The predicted octanol–water partition coefficient (Wildman–Crippen LogP) is 6.16. The number of rotatable bonds is 5. The maximum atomic E-state index is 12.6. The lowest BCUT2D eigenvalue weighted by atomic mass is 10.2. The topological polar surface area (TPSA) is 71.6 Å². The largest absolute Gasteiger partial charge is 0.322 e. The molecule has 0 unspecified atom stereocenters. The standard InChI is InChI=1S/C24H21N5O/c1-17-16-18(2)29(28-17)23-14-8-19(9-15-23)24(30)25-20-10-12-22(13-11-20)27-26-21-6-4-3-5-7-21/h3-16H,1-2H3,(H,25,30). The average Bonchev–Trinajstić information content (AvgIpc) is 3.12. The summed E-state index contributed by atoms with van der Waals surface area (Å²) >= 11 is 0. The summed E-state index contributed by atoms with van der Waals surface area (Å²) in [6, 6.07) is 26.2. The first-order valence-electron chi connectivity index (χ1n) is 9.60. The van der Waals surface area contributed by atoms with E-state index in [1.807, 2.05) is 91.3 Å². The van der Waals surface area contributed by atoms with Crippen LogP contribution in [0.5, 0.6) is 0 Å². The number of amides is 1. The minimum atomic E-state index is -0.173. The zero-order chi connectivity index (χ0) is 20.9. The number of carbonyl (C=O) groups excluding carboxylic acids is 1. The number of carbonyl (C=O) groups is 1. The molecule has 0 atom stereocenters. The Balaban J connectivity index is 1.41. The molecule has 4 rings (SSSR count). The van der Waals surface area contributed by atoms with Crippen molar-refractivity contribution in [3.05, 3.63) is 102 Å². The molecule has 6 heteroatoms. The van der Waals surface area contributed by atoms with Gasteiger partial charge in [0, 0.05) is 16.9 Å². The number of hydrogen-bond acceptors (Lipinski definition) is 4. The van der Waals surface area contributed by atoms with Crippen molar-refractivity contribution < 1.29 is 4.79 Å². The molecular formula is C24H21N5O. The van der Waals surface area contributed by atoms with Gasteiger partial charge in [-0.1, -0.05) is 18.2 Å². The van der Waals surface area contributed by atoms with Crippen molar-refractivity contribution in [1.82, 2.24) is 9.78 Å². The van der Waals surface area contributed by atoms with Crippen molar-refractivity contribution >= 4 is 23.0 Å². The molecular weight excluding hydrogens is 374 g/mol. The summed E-state index contributed by atoms with van der Waals surface area (Å²) in [5.41, 5.74) is 5.71. The van der Waals surface area contributed by atoms with Gasteiger partial charge in [0.1, 0.15) is 0 Å². The molecule has 0 aliphatic heterocycles. The number of anilines is 1. The molecule has 1 amide bonds. The third-order valence-electron chi connectivity index (χ3n) is 4.55. The fourth-order valence-electron chi connectivity index (χ4n) is 3.07. The highest BCUT2D eigenvalue weighted by molar-refractivity contribution is 6.04. The Hall–Kier alpha value is -4.06. The summed E-state index contributed by atoms with van der Waals surface area (Å²) in [4.78, 5) is 12.6. The molecule has 0 aliphatic rings. The molecule has 0 bridgehead atoms. The lowest BCUT2D eigenvalue weighted by molar-refractivity contribution is 0.102. The van der Waals surface area contributed by atoms with E-state index >= 15 is 0 Å². The zero-order valence-electron chi connectivity index (χ0n) is 16.8. The number of nitrogens with one attached hydrogen (secondary N) is 1. The highest BCUT2D eigenvalue weighted by atomic mass is 16.1. The van der Waals surface area contributed by atoms with Crippen LogP contribution in [0.1, 0.15) is 21.7 Å². The van der Waals surface area contributed by atoms with Crippen LogP contribution in [0.15, 0.2) is 95.2 Å². The highest BCUT2D eigenvalue weighted by Crippen LogP contribution is 2.21. The van der Waals surface area contributed by atoms with Gasteiger partial charge in [0.15, 0.2) is 0 Å². The molecule has 148 valence electrons. The van der Waals surface area contributed by atoms with E-state index in [9.17, 15) is 4.79 Å². The monoisotopic (exact) mass is 395 g/mol. The van der Waals surface area contributed by atoms with E-state index in [0.717, 1.165) is 22.8 Å². The van der Waals surface area contributed by atoms with Crippen LogP contribution in [0, 0.1) is 13.8 Å². The minimum Gasteiger partial charge on any atom is -0.322 e. The van der Waals surface area contributed by atoms with Crippen LogP contribution in [-0.4, -0.2) is 15.7 Å². The Morgan fingerprint density at radius 1 is 0.833 bits per heavy atom. The number of hydrogen-bond donors (Lipinski definition) is 1. The summed E-state index contributed by atoms with van der Waals surface area (Å²) in [6.45, 7) is 3.96. The van der Waals surface area contributed by atoms with Crippen LogP contribution < -0.4 is 5.32 Å². The molecule has 0 radical (unpaired) electrons. The molecule has 0 fully saturated rings. The zero-order valence-corrected chi connectivity index (χ0v) is 16.8. The van der Waals surface area contributed by atoms with Crippen molar-refractivity contribution in [3.63, 3.8) is 0 Å². The summed E-state index contributed by atoms with van der Waals surface area (Å²) < 4.78 is 1.86. The highest BCUT2D eigenvalue weighted by Gasteiger charge is 2.08. The van der Waals surface area contributed by atoms with Crippen LogP contribution in [-0.2, 0) is 0 Å². The van der Waals surface area contributed by atoms with Gasteiger partial charge >= 0.3 is 0 Å². The molecule has 3 aromatic carbocycles. The third kappa shape index (κ3) is 4.50. The van der Waals surface area contributed by atoms with Gasteiger partial charge in [-0.05, 0) is 80.6 Å². The van der Waals surface area contributed by atoms with Crippen LogP contribution >= 0.6 is 0 Å². The van der Waals surface area contributed by atoms with Gasteiger partial charge in [-0.3, -0.25) is 4.79 Å². The Morgan fingerprint density at radius 2 is 1.47 bits per heavy atom. The second-order valence-electron chi connectivity index (χ2n) is 6.92. The van der Waals surface area contributed by atoms with Gasteiger partial charge < -0.3 is 5.32 Å². The number of benzene rings is 3. The van der Waals surface area contributed by atoms with Crippen molar-refractivity contribution in [2.24, 2.45) is 10.2 Å². The van der Waals surface area contributed by atoms with Crippen LogP contribution in [0.25, 0.3) is 5.69 Å². The maximum absolute atomic E-state index is 12.6. The fraction of sp³-hybridized carbons (Fsp3) is 0.0833. The quantitative estimate of drug-likeness (QED) is 0.411. The Bertz CT molecular complexity index is 1180. The molecule has 4 aromatic rings. The number of aryl methyl sites for hydroxylation is 2. The van der Waals surface area contributed by atoms with E-state index < -0.39 is 0 Å². The first kappa shape index (κ1) is 19.3. The number of aromatic nitrogens is 2. The van der Waals surface area contributed by atoms with Crippen LogP contribution in [0.3, 0.4) is 0 Å². The summed E-state index contributed by atoms with van der Waals surface area (Å²) in [6.07, 6.45) is 0. The second kappa shape index (κ2) is 8.53. The van der Waals surface area contributed by atoms with E-state index in [2.05, 4.69) is 20.6 Å². The molecule has 0 aliphatic carbocycles. The smallest absolute Gasteiger partial charge is 0.255 e. The molecule has 1 aromatic heterocycles. The van der Waals surface area contributed by atoms with Gasteiger partial charge in [0.2, 0.25) is 0 Å². The van der Waals surface area contributed by atoms with Crippen LogP contribution in [0.2, 0.25) is 0 Å². The maximum Gasteiger partial charge on any atom is 0.255 e. The van der Waals surface area contributed by atoms with E-state index in [1.165, 1.54) is 0 Å². The predicted molar refractivity (Wildman–Crippen MR) is 118 cm³/mol. The van der Waals surface area contributed by atoms with Gasteiger partial charge in [-0.15, -0.1) is 0 Å². The summed E-state index contributed by atoms with van der Waals surface area (Å²) in [5, 5.41) is 15.8. The summed E-state index contributed by atoms with van der Waals surface area (Å²) in [7, 11) is 0. The second-order valence-corrected chi connectivity index (χ2v) is 6.92. The summed E-state index contributed by atoms with van der Waals surface area (Å²) in [5.74, 6) is -0.173. The molecule has 0 saturated carbocycles. The van der Waals surface area contributed by atoms with E-state index in [4.69, 9.17) is 0 Å².